The second-order valence-corrected chi connectivity index (χ2v) is 10.7. The SMILES string of the molecule is COc1cccc2c(C(=O)NCc3ccccc3C)cn(CCCN3CCN(CC(=O)N4CCOCC4)CC3)c12. The highest BCUT2D eigenvalue weighted by atomic mass is 16.5. The average molecular weight is 548 g/mol. The highest BCUT2D eigenvalue weighted by Crippen LogP contribution is 2.30. The molecular weight excluding hydrogens is 506 g/mol. The zero-order valence-corrected chi connectivity index (χ0v) is 23.7. The van der Waals surface area contributed by atoms with Gasteiger partial charge in [-0.1, -0.05) is 36.4 Å². The van der Waals surface area contributed by atoms with Gasteiger partial charge in [-0.2, -0.15) is 0 Å². The molecule has 2 aliphatic heterocycles. The molecule has 0 aliphatic carbocycles. The van der Waals surface area contributed by atoms with E-state index in [1.807, 2.05) is 47.5 Å². The molecule has 40 heavy (non-hydrogen) atoms. The van der Waals surface area contributed by atoms with Gasteiger partial charge in [-0.15, -0.1) is 0 Å². The first-order chi connectivity index (χ1) is 19.5. The highest BCUT2D eigenvalue weighted by Gasteiger charge is 2.23. The molecule has 9 nitrogen and oxygen atoms in total. The maximum atomic E-state index is 13.3. The average Bonchev–Trinajstić information content (AvgIpc) is 3.37. The summed E-state index contributed by atoms with van der Waals surface area (Å²) >= 11 is 0. The summed E-state index contributed by atoms with van der Waals surface area (Å²) in [4.78, 5) is 32.5. The number of aryl methyl sites for hydroxylation is 2. The van der Waals surface area contributed by atoms with Gasteiger partial charge in [-0.3, -0.25) is 14.5 Å². The second-order valence-electron chi connectivity index (χ2n) is 10.7. The molecular formula is C31H41N5O4. The number of piperazine rings is 1. The number of amides is 2. The van der Waals surface area contributed by atoms with E-state index in [-0.39, 0.29) is 11.8 Å². The molecule has 2 aliphatic rings. The third-order valence-corrected chi connectivity index (χ3v) is 8.09. The predicted octanol–water partition coefficient (Wildman–Crippen LogP) is 2.75. The van der Waals surface area contributed by atoms with Crippen LogP contribution in [0.1, 0.15) is 27.9 Å². The number of aromatic nitrogens is 1. The second kappa shape index (κ2) is 13.3. The summed E-state index contributed by atoms with van der Waals surface area (Å²) in [5.41, 5.74) is 3.90. The van der Waals surface area contributed by atoms with Crippen LogP contribution in [-0.4, -0.2) is 104 Å². The number of ether oxygens (including phenoxy) is 2. The largest absolute Gasteiger partial charge is 0.495 e. The molecule has 2 aromatic carbocycles. The minimum Gasteiger partial charge on any atom is -0.495 e. The molecule has 3 heterocycles. The third-order valence-electron chi connectivity index (χ3n) is 8.09. The number of carbonyl (C=O) groups excluding carboxylic acids is 2. The van der Waals surface area contributed by atoms with Crippen LogP contribution in [-0.2, 0) is 22.6 Å². The van der Waals surface area contributed by atoms with Gasteiger partial charge >= 0.3 is 0 Å². The van der Waals surface area contributed by atoms with Crippen molar-refractivity contribution in [3.8, 4) is 5.75 Å². The van der Waals surface area contributed by atoms with Gasteiger partial charge in [-0.25, -0.2) is 0 Å². The van der Waals surface area contributed by atoms with Crippen molar-refractivity contribution in [2.75, 3.05) is 72.7 Å². The fraction of sp³-hybridized carbons (Fsp3) is 0.484. The Morgan fingerprint density at radius 2 is 1.68 bits per heavy atom. The maximum absolute atomic E-state index is 13.3. The lowest BCUT2D eigenvalue weighted by molar-refractivity contribution is -0.136. The number of morpholine rings is 1. The van der Waals surface area contributed by atoms with Crippen LogP contribution in [0.3, 0.4) is 0 Å². The lowest BCUT2D eigenvalue weighted by Gasteiger charge is -2.36. The number of hydrogen-bond donors (Lipinski definition) is 1. The van der Waals surface area contributed by atoms with E-state index in [1.165, 1.54) is 0 Å². The number of fused-ring (bicyclic) bond motifs is 1. The zero-order valence-electron chi connectivity index (χ0n) is 23.7. The predicted molar refractivity (Wildman–Crippen MR) is 156 cm³/mol. The van der Waals surface area contributed by atoms with Crippen LogP contribution in [0.25, 0.3) is 10.9 Å². The Hall–Kier alpha value is -3.40. The van der Waals surface area contributed by atoms with Gasteiger partial charge in [0, 0.05) is 63.9 Å². The fourth-order valence-electron chi connectivity index (χ4n) is 5.67. The van der Waals surface area contributed by atoms with E-state index in [2.05, 4.69) is 32.7 Å². The topological polar surface area (TPSA) is 79.3 Å². The summed E-state index contributed by atoms with van der Waals surface area (Å²) in [5.74, 6) is 0.904. The molecule has 2 fully saturated rings. The molecule has 0 unspecified atom stereocenters. The van der Waals surface area contributed by atoms with Crippen molar-refractivity contribution in [1.82, 2.24) is 24.6 Å². The molecule has 214 valence electrons. The Balaban J connectivity index is 1.16. The molecule has 2 amide bonds. The Morgan fingerprint density at radius 1 is 0.925 bits per heavy atom. The monoisotopic (exact) mass is 547 g/mol. The van der Waals surface area contributed by atoms with Crippen LogP contribution in [0.4, 0.5) is 0 Å². The molecule has 1 N–H and O–H groups in total. The Kier molecular flexibility index (Phi) is 9.36. The van der Waals surface area contributed by atoms with Gasteiger partial charge in [0.05, 0.1) is 37.9 Å². The molecule has 0 atom stereocenters. The summed E-state index contributed by atoms with van der Waals surface area (Å²) in [6, 6.07) is 14.0. The van der Waals surface area contributed by atoms with Crippen molar-refractivity contribution in [1.29, 1.82) is 0 Å². The molecule has 3 aromatic rings. The lowest BCUT2D eigenvalue weighted by Crippen LogP contribution is -2.51. The number of nitrogens with one attached hydrogen (secondary N) is 1. The Morgan fingerprint density at radius 3 is 2.42 bits per heavy atom. The summed E-state index contributed by atoms with van der Waals surface area (Å²) in [7, 11) is 1.67. The summed E-state index contributed by atoms with van der Waals surface area (Å²) in [6.45, 7) is 11.2. The van der Waals surface area contributed by atoms with Gasteiger partial charge in [0.1, 0.15) is 5.75 Å². The fourth-order valence-corrected chi connectivity index (χ4v) is 5.67. The number of nitrogens with zero attached hydrogens (tertiary/aromatic N) is 4. The summed E-state index contributed by atoms with van der Waals surface area (Å²) in [6.07, 6.45) is 2.92. The van der Waals surface area contributed by atoms with Gasteiger partial charge in [0.25, 0.3) is 5.91 Å². The zero-order chi connectivity index (χ0) is 27.9. The minimum atomic E-state index is -0.0806. The van der Waals surface area contributed by atoms with E-state index in [4.69, 9.17) is 9.47 Å². The van der Waals surface area contributed by atoms with E-state index in [0.29, 0.717) is 45.0 Å². The van der Waals surface area contributed by atoms with E-state index in [0.717, 1.165) is 73.5 Å². The van der Waals surface area contributed by atoms with Gasteiger partial charge in [0.15, 0.2) is 0 Å². The minimum absolute atomic E-state index is 0.0806. The van der Waals surface area contributed by atoms with E-state index < -0.39 is 0 Å². The van der Waals surface area contributed by atoms with E-state index in [9.17, 15) is 9.59 Å². The first-order valence-corrected chi connectivity index (χ1v) is 14.3. The molecule has 0 spiro atoms. The number of rotatable bonds is 10. The highest BCUT2D eigenvalue weighted by molar-refractivity contribution is 6.08. The number of carbonyl (C=O) groups is 2. The smallest absolute Gasteiger partial charge is 0.253 e. The van der Waals surface area contributed by atoms with Crippen molar-refractivity contribution in [3.05, 3.63) is 65.4 Å². The summed E-state index contributed by atoms with van der Waals surface area (Å²) < 4.78 is 13.2. The first-order valence-electron chi connectivity index (χ1n) is 14.3. The van der Waals surface area contributed by atoms with Crippen LogP contribution in [0, 0.1) is 6.92 Å². The lowest BCUT2D eigenvalue weighted by atomic mass is 10.1. The molecule has 9 heteroatoms. The van der Waals surface area contributed by atoms with Crippen LogP contribution in [0.15, 0.2) is 48.7 Å². The van der Waals surface area contributed by atoms with Gasteiger partial charge in [0.2, 0.25) is 5.91 Å². The van der Waals surface area contributed by atoms with Crippen molar-refractivity contribution in [2.24, 2.45) is 0 Å². The number of methoxy groups -OCH3 is 1. The van der Waals surface area contributed by atoms with E-state index >= 15 is 0 Å². The van der Waals surface area contributed by atoms with Crippen LogP contribution in [0.5, 0.6) is 5.75 Å². The van der Waals surface area contributed by atoms with Crippen molar-refractivity contribution in [3.63, 3.8) is 0 Å². The van der Waals surface area contributed by atoms with Gasteiger partial charge in [-0.05, 0) is 37.1 Å². The van der Waals surface area contributed by atoms with Crippen LogP contribution in [0.2, 0.25) is 0 Å². The van der Waals surface area contributed by atoms with Gasteiger partial charge < -0.3 is 29.2 Å². The maximum Gasteiger partial charge on any atom is 0.253 e. The molecule has 0 radical (unpaired) electrons. The van der Waals surface area contributed by atoms with Crippen LogP contribution >= 0.6 is 0 Å². The molecule has 0 bridgehead atoms. The van der Waals surface area contributed by atoms with Crippen LogP contribution < -0.4 is 10.1 Å². The Bertz CT molecular complexity index is 1310. The normalized spacial score (nSPS) is 16.8. The molecule has 2 saturated heterocycles. The van der Waals surface area contributed by atoms with E-state index in [1.54, 1.807) is 7.11 Å². The van der Waals surface area contributed by atoms with Crippen molar-refractivity contribution >= 4 is 22.7 Å². The summed E-state index contributed by atoms with van der Waals surface area (Å²) in [5, 5.41) is 4.01. The molecule has 1 aromatic heterocycles. The standard InChI is InChI=1S/C31H41N5O4/c1-24-7-3-4-8-25(24)21-32-31(38)27-22-36(30-26(27)9-5-10-28(30)39-2)12-6-11-33-13-15-34(16-14-33)23-29(37)35-17-19-40-20-18-35/h3-5,7-10,22H,6,11-21,23H2,1-2H3,(H,32,38). The Labute approximate surface area is 236 Å². The van der Waals surface area contributed by atoms with Crippen molar-refractivity contribution < 1.29 is 19.1 Å². The quantitative estimate of drug-likeness (QED) is 0.421. The third kappa shape index (κ3) is 6.66. The first kappa shape index (κ1) is 28.1. The number of hydrogen-bond acceptors (Lipinski definition) is 6. The van der Waals surface area contributed by atoms with Crippen molar-refractivity contribution in [2.45, 2.75) is 26.4 Å². The molecule has 5 rings (SSSR count). The number of para-hydroxylation sites is 1. The molecule has 0 saturated carbocycles. The number of benzene rings is 2.